The quantitative estimate of drug-likeness (QED) is 0.478. The summed E-state index contributed by atoms with van der Waals surface area (Å²) in [6.07, 6.45) is 5.21. The van der Waals surface area contributed by atoms with Crippen molar-refractivity contribution >= 4 is 34.8 Å². The number of terminal acetylenes is 1. The van der Waals surface area contributed by atoms with Crippen LogP contribution in [0.15, 0.2) is 29.6 Å². The van der Waals surface area contributed by atoms with Crippen molar-refractivity contribution in [1.29, 1.82) is 0 Å². The summed E-state index contributed by atoms with van der Waals surface area (Å²) in [5.41, 5.74) is 0.199. The fraction of sp³-hybridized carbons (Fsp3) is 0.250. The predicted octanol–water partition coefficient (Wildman–Crippen LogP) is 1.85. The average Bonchev–Trinajstić information content (AvgIpc) is 3.22. The Balaban J connectivity index is 2.21. The van der Waals surface area contributed by atoms with Crippen LogP contribution in [0, 0.1) is 12.3 Å². The van der Waals surface area contributed by atoms with Gasteiger partial charge in [-0.15, -0.1) is 17.8 Å². The van der Waals surface area contributed by atoms with Crippen molar-refractivity contribution in [3.63, 3.8) is 0 Å². The number of thiophene rings is 1. The lowest BCUT2D eigenvalue weighted by Gasteiger charge is -2.15. The highest BCUT2D eigenvalue weighted by atomic mass is 32.1. The van der Waals surface area contributed by atoms with Gasteiger partial charge in [-0.05, 0) is 11.4 Å². The maximum atomic E-state index is 12.5. The van der Waals surface area contributed by atoms with E-state index in [1.54, 1.807) is 0 Å². The molecule has 0 unspecified atom stereocenters. The van der Waals surface area contributed by atoms with E-state index in [2.05, 4.69) is 16.6 Å². The Morgan fingerprint density at radius 1 is 1.14 bits per heavy atom. The third kappa shape index (κ3) is 6.26. The molecule has 1 aromatic heterocycles. The lowest BCUT2D eigenvalue weighted by Crippen LogP contribution is -2.29. The summed E-state index contributed by atoms with van der Waals surface area (Å²) in [7, 11) is 2.85. The normalized spacial score (nSPS) is 9.83. The molecular weight excluding hydrogens is 396 g/mol. The number of esters is 1. The van der Waals surface area contributed by atoms with Crippen molar-refractivity contribution in [3.05, 3.63) is 40.1 Å². The molecule has 2 N–H and O–H groups in total. The van der Waals surface area contributed by atoms with Gasteiger partial charge in [-0.3, -0.25) is 9.59 Å². The monoisotopic (exact) mass is 416 g/mol. The highest BCUT2D eigenvalue weighted by Crippen LogP contribution is 2.34. The van der Waals surface area contributed by atoms with Gasteiger partial charge in [-0.1, -0.05) is 12.0 Å². The Labute approximate surface area is 172 Å². The van der Waals surface area contributed by atoms with Gasteiger partial charge in [0.1, 0.15) is 0 Å². The van der Waals surface area contributed by atoms with Gasteiger partial charge < -0.3 is 24.8 Å². The highest BCUT2D eigenvalue weighted by Gasteiger charge is 2.20. The second kappa shape index (κ2) is 10.7. The molecule has 1 aromatic carbocycles. The van der Waals surface area contributed by atoms with Gasteiger partial charge in [-0.25, -0.2) is 4.79 Å². The van der Waals surface area contributed by atoms with Gasteiger partial charge in [0, 0.05) is 17.0 Å². The van der Waals surface area contributed by atoms with E-state index in [1.165, 1.54) is 37.7 Å². The zero-order chi connectivity index (χ0) is 21.2. The first-order chi connectivity index (χ1) is 14.0. The van der Waals surface area contributed by atoms with E-state index in [4.69, 9.17) is 20.6 Å². The number of carbonyl (C=O) groups excluding carboxylic acids is 3. The standard InChI is InChI=1S/C20H20N2O6S/c1-4-7-21-19(24)12-28-20(25)14-10-16(26-2)17(27-3)11-15(14)22-18(23)9-13-6-5-8-29-13/h1,5-6,8,10-11H,7,9,12H2,2-3H3,(H,21,24)(H,22,23). The summed E-state index contributed by atoms with van der Waals surface area (Å²) in [6, 6.07) is 6.52. The van der Waals surface area contributed by atoms with E-state index >= 15 is 0 Å². The zero-order valence-electron chi connectivity index (χ0n) is 15.9. The Morgan fingerprint density at radius 3 is 2.48 bits per heavy atom. The SMILES string of the molecule is C#CCNC(=O)COC(=O)c1cc(OC)c(OC)cc1NC(=O)Cc1cccs1. The van der Waals surface area contributed by atoms with Crippen LogP contribution in [-0.4, -0.2) is 45.2 Å². The van der Waals surface area contributed by atoms with Crippen LogP contribution >= 0.6 is 11.3 Å². The minimum atomic E-state index is -0.812. The second-order valence-electron chi connectivity index (χ2n) is 5.61. The number of rotatable bonds is 9. The van der Waals surface area contributed by atoms with Crippen molar-refractivity contribution in [2.75, 3.05) is 32.7 Å². The average molecular weight is 416 g/mol. The van der Waals surface area contributed by atoms with Crippen LogP contribution in [0.5, 0.6) is 11.5 Å². The molecule has 0 atom stereocenters. The minimum Gasteiger partial charge on any atom is -0.493 e. The number of benzene rings is 1. The summed E-state index contributed by atoms with van der Waals surface area (Å²) >= 11 is 1.45. The second-order valence-corrected chi connectivity index (χ2v) is 6.65. The van der Waals surface area contributed by atoms with Crippen molar-refractivity contribution in [3.8, 4) is 23.8 Å². The Kier molecular flexibility index (Phi) is 8.06. The van der Waals surface area contributed by atoms with Gasteiger partial charge in [0.25, 0.3) is 5.91 Å². The molecule has 1 heterocycles. The molecule has 0 fully saturated rings. The summed E-state index contributed by atoms with van der Waals surface area (Å²) in [4.78, 5) is 37.4. The first-order valence-corrected chi connectivity index (χ1v) is 9.32. The third-order valence-electron chi connectivity index (χ3n) is 3.65. The molecule has 0 saturated carbocycles. The Morgan fingerprint density at radius 2 is 1.86 bits per heavy atom. The number of anilines is 1. The zero-order valence-corrected chi connectivity index (χ0v) is 16.8. The number of methoxy groups -OCH3 is 2. The largest absolute Gasteiger partial charge is 0.493 e. The molecule has 0 spiro atoms. The molecule has 0 saturated heterocycles. The Hall–Kier alpha value is -3.51. The van der Waals surface area contributed by atoms with Gasteiger partial charge in [0.2, 0.25) is 5.91 Å². The van der Waals surface area contributed by atoms with Gasteiger partial charge in [0.15, 0.2) is 18.1 Å². The molecule has 29 heavy (non-hydrogen) atoms. The molecule has 8 nitrogen and oxygen atoms in total. The lowest BCUT2D eigenvalue weighted by atomic mass is 10.1. The van der Waals surface area contributed by atoms with E-state index in [0.29, 0.717) is 5.75 Å². The molecule has 0 aliphatic rings. The van der Waals surface area contributed by atoms with Crippen molar-refractivity contribution in [2.45, 2.75) is 6.42 Å². The van der Waals surface area contributed by atoms with Crippen LogP contribution in [0.2, 0.25) is 0 Å². The van der Waals surface area contributed by atoms with Crippen molar-refractivity contribution in [2.24, 2.45) is 0 Å². The molecule has 2 aromatic rings. The number of ether oxygens (including phenoxy) is 3. The molecule has 0 aliphatic heterocycles. The highest BCUT2D eigenvalue weighted by molar-refractivity contribution is 7.10. The van der Waals surface area contributed by atoms with E-state index in [-0.39, 0.29) is 35.9 Å². The smallest absolute Gasteiger partial charge is 0.340 e. The number of carbonyl (C=O) groups is 3. The first kappa shape index (κ1) is 21.8. The summed E-state index contributed by atoms with van der Waals surface area (Å²) in [6.45, 7) is -0.492. The number of amides is 2. The van der Waals surface area contributed by atoms with E-state index in [9.17, 15) is 14.4 Å². The van der Waals surface area contributed by atoms with E-state index in [1.807, 2.05) is 17.5 Å². The summed E-state index contributed by atoms with van der Waals surface area (Å²) in [5.74, 6) is 1.16. The maximum Gasteiger partial charge on any atom is 0.340 e. The van der Waals surface area contributed by atoms with E-state index in [0.717, 1.165) is 4.88 Å². The van der Waals surface area contributed by atoms with Crippen LogP contribution < -0.4 is 20.1 Å². The molecule has 2 amide bonds. The van der Waals surface area contributed by atoms with Gasteiger partial charge >= 0.3 is 5.97 Å². The van der Waals surface area contributed by atoms with Crippen LogP contribution in [0.3, 0.4) is 0 Å². The van der Waals surface area contributed by atoms with E-state index < -0.39 is 18.5 Å². The van der Waals surface area contributed by atoms with Gasteiger partial charge in [-0.2, -0.15) is 0 Å². The molecule has 152 valence electrons. The van der Waals surface area contributed by atoms with Gasteiger partial charge in [0.05, 0.1) is 38.4 Å². The fourth-order valence-corrected chi connectivity index (χ4v) is 3.03. The minimum absolute atomic E-state index is 0.0203. The summed E-state index contributed by atoms with van der Waals surface area (Å²) in [5, 5.41) is 6.94. The third-order valence-corrected chi connectivity index (χ3v) is 4.53. The molecule has 2 rings (SSSR count). The van der Waals surface area contributed by atoms with Crippen LogP contribution in [0.25, 0.3) is 0 Å². The topological polar surface area (TPSA) is 103 Å². The number of hydrogen-bond acceptors (Lipinski definition) is 7. The first-order valence-electron chi connectivity index (χ1n) is 8.44. The van der Waals surface area contributed by atoms with Crippen molar-refractivity contribution < 1.29 is 28.6 Å². The lowest BCUT2D eigenvalue weighted by molar-refractivity contribution is -0.124. The molecular formula is C20H20N2O6S. The fourth-order valence-electron chi connectivity index (χ4n) is 2.33. The molecule has 9 heteroatoms. The maximum absolute atomic E-state index is 12.5. The molecule has 0 bridgehead atoms. The van der Waals surface area contributed by atoms with Crippen molar-refractivity contribution in [1.82, 2.24) is 5.32 Å². The van der Waals surface area contributed by atoms with Crippen LogP contribution in [0.1, 0.15) is 15.2 Å². The number of hydrogen-bond donors (Lipinski definition) is 2. The molecule has 0 aliphatic carbocycles. The number of nitrogens with one attached hydrogen (secondary N) is 2. The summed E-state index contributed by atoms with van der Waals surface area (Å²) < 4.78 is 15.5. The van der Waals surface area contributed by atoms with Crippen LogP contribution in [-0.2, 0) is 20.7 Å². The Bertz CT molecular complexity index is 918. The predicted molar refractivity (Wildman–Crippen MR) is 108 cm³/mol. The van der Waals surface area contributed by atoms with Crippen LogP contribution in [0.4, 0.5) is 5.69 Å². The molecule has 0 radical (unpaired) electrons.